The van der Waals surface area contributed by atoms with Crippen molar-refractivity contribution in [1.29, 1.82) is 0 Å². The largest absolute Gasteiger partial charge is 0.469 e. The molecule has 1 saturated carbocycles. The molecule has 0 unspecified atom stereocenters. The van der Waals surface area contributed by atoms with Gasteiger partial charge in [-0.2, -0.15) is 0 Å². The summed E-state index contributed by atoms with van der Waals surface area (Å²) in [6.45, 7) is 0. The van der Waals surface area contributed by atoms with Gasteiger partial charge in [0.25, 0.3) is 0 Å². The molecule has 0 saturated heterocycles. The maximum absolute atomic E-state index is 13.1. The van der Waals surface area contributed by atoms with E-state index in [9.17, 15) is 9.59 Å². The van der Waals surface area contributed by atoms with Crippen molar-refractivity contribution in [2.45, 2.75) is 37.0 Å². The van der Waals surface area contributed by atoms with Gasteiger partial charge in [0.1, 0.15) is 5.69 Å². The molecule has 3 rings (SSSR count). The zero-order chi connectivity index (χ0) is 18.5. The molecule has 1 heterocycles. The number of methoxy groups -OCH3 is 1. The predicted molar refractivity (Wildman–Crippen MR) is 103 cm³/mol. The first-order valence-electron chi connectivity index (χ1n) is 8.93. The Balaban J connectivity index is 1.78. The predicted octanol–water partition coefficient (Wildman–Crippen LogP) is 4.12. The van der Waals surface area contributed by atoms with Crippen LogP contribution in [0.4, 0.5) is 0 Å². The molecule has 0 spiro atoms. The number of rotatable bonds is 5. The van der Waals surface area contributed by atoms with Gasteiger partial charge in [-0.05, 0) is 42.9 Å². The van der Waals surface area contributed by atoms with E-state index in [1.807, 2.05) is 36.4 Å². The molecule has 4 nitrogen and oxygen atoms in total. The molecule has 1 aromatic carbocycles. The quantitative estimate of drug-likeness (QED) is 0.489. The molecular formula is C21H23NO3S. The third kappa shape index (κ3) is 4.15. The number of carbonyl (C=O) groups is 2. The Labute approximate surface area is 159 Å². The lowest BCUT2D eigenvalue weighted by atomic mass is 9.78. The zero-order valence-corrected chi connectivity index (χ0v) is 15.7. The van der Waals surface area contributed by atoms with Gasteiger partial charge in [-0.25, -0.2) is 0 Å². The molecule has 1 fully saturated rings. The van der Waals surface area contributed by atoms with Gasteiger partial charge < -0.3 is 4.74 Å². The van der Waals surface area contributed by atoms with Crippen molar-refractivity contribution in [1.82, 2.24) is 4.98 Å². The standard InChI is InChI=1S/C21H23NO3S/c1-25-21(24)16-9-7-15(8-10-16)20(23)19-17(18(26)11-12-22-19)13-14-5-3-2-4-6-14/h2-6,11-12,15-16H,7-10,13H2,1H3,(H,22,26). The lowest BCUT2D eigenvalue weighted by molar-refractivity contribution is -0.146. The van der Waals surface area contributed by atoms with Crippen molar-refractivity contribution in [3.8, 4) is 0 Å². The molecule has 0 atom stereocenters. The smallest absolute Gasteiger partial charge is 0.308 e. The summed E-state index contributed by atoms with van der Waals surface area (Å²) in [5.41, 5.74) is 2.52. The van der Waals surface area contributed by atoms with Crippen LogP contribution in [0.1, 0.15) is 47.3 Å². The second-order valence-electron chi connectivity index (χ2n) is 6.76. The number of nitrogens with zero attached hydrogens (tertiary/aromatic N) is 1. The van der Waals surface area contributed by atoms with Gasteiger partial charge in [0.05, 0.1) is 13.0 Å². The molecule has 0 radical (unpaired) electrons. The van der Waals surface area contributed by atoms with Crippen molar-refractivity contribution in [2.24, 2.45) is 11.8 Å². The Bertz CT molecular complexity index is 783. The van der Waals surface area contributed by atoms with Gasteiger partial charge in [0.15, 0.2) is 5.78 Å². The summed E-state index contributed by atoms with van der Waals surface area (Å²) in [4.78, 5) is 30.0. The van der Waals surface area contributed by atoms with Gasteiger partial charge in [-0.1, -0.05) is 30.3 Å². The summed E-state index contributed by atoms with van der Waals surface area (Å²) in [5.74, 6) is -0.281. The second-order valence-corrected chi connectivity index (χ2v) is 7.24. The highest BCUT2D eigenvalue weighted by Gasteiger charge is 2.32. The fraction of sp³-hybridized carbons (Fsp3) is 0.381. The first-order valence-corrected chi connectivity index (χ1v) is 9.37. The van der Waals surface area contributed by atoms with Crippen LogP contribution in [0, 0.1) is 11.8 Å². The van der Waals surface area contributed by atoms with Crippen molar-refractivity contribution in [3.63, 3.8) is 0 Å². The van der Waals surface area contributed by atoms with Crippen LogP contribution in [0.5, 0.6) is 0 Å². The third-order valence-corrected chi connectivity index (χ3v) is 5.54. The molecule has 1 aliphatic rings. The third-order valence-electron chi connectivity index (χ3n) is 5.12. The number of ketones is 1. The number of aromatic nitrogens is 1. The van der Waals surface area contributed by atoms with E-state index < -0.39 is 0 Å². The molecule has 5 heteroatoms. The van der Waals surface area contributed by atoms with Crippen LogP contribution < -0.4 is 0 Å². The Morgan fingerprint density at radius 3 is 2.38 bits per heavy atom. The molecule has 136 valence electrons. The minimum absolute atomic E-state index is 0.0650. The van der Waals surface area contributed by atoms with Crippen molar-refractivity contribution in [3.05, 3.63) is 59.4 Å². The number of ether oxygens (including phenoxy) is 1. The van der Waals surface area contributed by atoms with Gasteiger partial charge in [-0.3, -0.25) is 14.6 Å². The number of Topliss-reactive ketones (excluding diaryl/α,β-unsaturated/α-hetero) is 1. The second kappa shape index (κ2) is 8.49. The molecule has 0 aliphatic heterocycles. The maximum atomic E-state index is 13.1. The monoisotopic (exact) mass is 369 g/mol. The minimum atomic E-state index is -0.170. The molecule has 0 bridgehead atoms. The molecule has 26 heavy (non-hydrogen) atoms. The fourth-order valence-corrected chi connectivity index (χ4v) is 3.87. The lowest BCUT2D eigenvalue weighted by Crippen LogP contribution is -2.27. The molecule has 1 aliphatic carbocycles. The summed E-state index contributed by atoms with van der Waals surface area (Å²) in [6, 6.07) is 11.8. The van der Waals surface area contributed by atoms with Crippen LogP contribution in [0.3, 0.4) is 0 Å². The highest BCUT2D eigenvalue weighted by atomic mass is 32.1. The fourth-order valence-electron chi connectivity index (χ4n) is 3.62. The maximum Gasteiger partial charge on any atom is 0.308 e. The van der Waals surface area contributed by atoms with Gasteiger partial charge in [0, 0.05) is 23.4 Å². The Morgan fingerprint density at radius 2 is 1.73 bits per heavy atom. The number of hydrogen-bond acceptors (Lipinski definition) is 5. The van der Waals surface area contributed by atoms with E-state index in [1.165, 1.54) is 7.11 Å². The van der Waals surface area contributed by atoms with E-state index in [-0.39, 0.29) is 23.6 Å². The van der Waals surface area contributed by atoms with Crippen LogP contribution in [-0.2, 0) is 16.0 Å². The summed E-state index contributed by atoms with van der Waals surface area (Å²) < 4.78 is 4.82. The average Bonchev–Trinajstić information content (AvgIpc) is 2.69. The van der Waals surface area contributed by atoms with Crippen molar-refractivity contribution < 1.29 is 14.3 Å². The van der Waals surface area contributed by atoms with E-state index in [4.69, 9.17) is 4.74 Å². The normalized spacial score (nSPS) is 19.8. The van der Waals surface area contributed by atoms with Crippen molar-refractivity contribution >= 4 is 24.4 Å². The van der Waals surface area contributed by atoms with E-state index in [1.54, 1.807) is 6.20 Å². The summed E-state index contributed by atoms with van der Waals surface area (Å²) in [7, 11) is 1.41. The molecule has 1 aromatic heterocycles. The SMILES string of the molecule is COC(=O)C1CCC(C(=O)c2nccc(S)c2Cc2ccccc2)CC1. The molecule has 2 aromatic rings. The van der Waals surface area contributed by atoms with E-state index in [0.29, 0.717) is 37.8 Å². The van der Waals surface area contributed by atoms with E-state index in [0.717, 1.165) is 16.0 Å². The van der Waals surface area contributed by atoms with Crippen LogP contribution >= 0.6 is 12.6 Å². The number of pyridine rings is 1. The lowest BCUT2D eigenvalue weighted by Gasteiger charge is -2.26. The van der Waals surface area contributed by atoms with Crippen LogP contribution in [-0.4, -0.2) is 23.8 Å². The first kappa shape index (κ1) is 18.6. The van der Waals surface area contributed by atoms with Gasteiger partial charge in [0.2, 0.25) is 0 Å². The van der Waals surface area contributed by atoms with Crippen LogP contribution in [0.15, 0.2) is 47.5 Å². The number of hydrogen-bond donors (Lipinski definition) is 1. The Hall–Kier alpha value is -2.14. The van der Waals surface area contributed by atoms with Crippen molar-refractivity contribution in [2.75, 3.05) is 7.11 Å². The van der Waals surface area contributed by atoms with Gasteiger partial charge >= 0.3 is 5.97 Å². The van der Waals surface area contributed by atoms with E-state index >= 15 is 0 Å². The summed E-state index contributed by atoms with van der Waals surface area (Å²) >= 11 is 4.56. The first-order chi connectivity index (χ1) is 12.6. The van der Waals surface area contributed by atoms with Gasteiger partial charge in [-0.15, -0.1) is 12.6 Å². The number of carbonyl (C=O) groups excluding carboxylic acids is 2. The van der Waals surface area contributed by atoms with Crippen LogP contribution in [0.2, 0.25) is 0 Å². The summed E-state index contributed by atoms with van der Waals surface area (Å²) in [6.07, 6.45) is 5.05. The van der Waals surface area contributed by atoms with E-state index in [2.05, 4.69) is 17.6 Å². The number of thiol groups is 1. The highest BCUT2D eigenvalue weighted by Crippen LogP contribution is 2.33. The topological polar surface area (TPSA) is 56.3 Å². The molecule has 0 N–H and O–H groups in total. The Morgan fingerprint density at radius 1 is 1.08 bits per heavy atom. The average molecular weight is 369 g/mol. The number of esters is 1. The van der Waals surface area contributed by atoms with Crippen LogP contribution in [0.25, 0.3) is 0 Å². The number of benzene rings is 1. The summed E-state index contributed by atoms with van der Waals surface area (Å²) in [5, 5.41) is 0. The Kier molecular flexibility index (Phi) is 6.09. The zero-order valence-electron chi connectivity index (χ0n) is 14.9. The highest BCUT2D eigenvalue weighted by molar-refractivity contribution is 7.80. The molecule has 0 amide bonds. The minimum Gasteiger partial charge on any atom is -0.469 e. The molecular weight excluding hydrogens is 346 g/mol.